The molecule has 2 atom stereocenters. The largest absolute Gasteiger partial charge is 0.340 e. The molecule has 3 heteroatoms. The Kier molecular flexibility index (Phi) is 3.29. The molecule has 0 bridgehead atoms. The van der Waals surface area contributed by atoms with E-state index >= 15 is 0 Å². The average molecular weight is 210 g/mol. The van der Waals surface area contributed by atoms with Gasteiger partial charge in [0.15, 0.2) is 0 Å². The summed E-state index contributed by atoms with van der Waals surface area (Å²) in [5.74, 6) is 0.571. The summed E-state index contributed by atoms with van der Waals surface area (Å²) in [6.45, 7) is 8.39. The SMILES string of the molecule is CCC(C)C(=O)N1CCN2CCCC2C1. The van der Waals surface area contributed by atoms with Crippen LogP contribution in [-0.2, 0) is 4.79 Å². The van der Waals surface area contributed by atoms with Gasteiger partial charge in [0.1, 0.15) is 0 Å². The molecule has 2 heterocycles. The first kappa shape index (κ1) is 10.9. The third kappa shape index (κ3) is 2.17. The first-order valence-corrected chi connectivity index (χ1v) is 6.25. The molecule has 0 N–H and O–H groups in total. The van der Waals surface area contributed by atoms with E-state index in [1.54, 1.807) is 0 Å². The maximum atomic E-state index is 12.0. The zero-order valence-electron chi connectivity index (χ0n) is 9.91. The molecular formula is C12H22N2O. The molecular weight excluding hydrogens is 188 g/mol. The summed E-state index contributed by atoms with van der Waals surface area (Å²) in [5.41, 5.74) is 0. The normalized spacial score (nSPS) is 28.9. The fraction of sp³-hybridized carbons (Fsp3) is 0.917. The summed E-state index contributed by atoms with van der Waals surface area (Å²) in [6.07, 6.45) is 3.56. The standard InChI is InChI=1S/C12H22N2O/c1-3-10(2)12(15)14-8-7-13-6-4-5-11(13)9-14/h10-11H,3-9H2,1-2H3. The maximum Gasteiger partial charge on any atom is 0.225 e. The second-order valence-corrected chi connectivity index (χ2v) is 4.93. The van der Waals surface area contributed by atoms with Crippen LogP contribution in [0.2, 0.25) is 0 Å². The van der Waals surface area contributed by atoms with Gasteiger partial charge in [0.2, 0.25) is 5.91 Å². The molecule has 0 radical (unpaired) electrons. The van der Waals surface area contributed by atoms with E-state index < -0.39 is 0 Å². The van der Waals surface area contributed by atoms with Crippen molar-refractivity contribution in [1.82, 2.24) is 9.80 Å². The summed E-state index contributed by atoms with van der Waals surface area (Å²) in [7, 11) is 0. The zero-order valence-corrected chi connectivity index (χ0v) is 9.91. The predicted octanol–water partition coefficient (Wildman–Crippen LogP) is 1.34. The number of hydrogen-bond acceptors (Lipinski definition) is 2. The van der Waals surface area contributed by atoms with E-state index in [0.29, 0.717) is 11.9 Å². The van der Waals surface area contributed by atoms with Crippen molar-refractivity contribution in [3.8, 4) is 0 Å². The fourth-order valence-corrected chi connectivity index (χ4v) is 2.68. The van der Waals surface area contributed by atoms with Crippen molar-refractivity contribution < 1.29 is 4.79 Å². The van der Waals surface area contributed by atoms with Crippen LogP contribution in [0.4, 0.5) is 0 Å². The molecule has 2 rings (SSSR count). The molecule has 0 aromatic carbocycles. The summed E-state index contributed by atoms with van der Waals surface area (Å²) < 4.78 is 0. The monoisotopic (exact) mass is 210 g/mol. The van der Waals surface area contributed by atoms with Gasteiger partial charge in [0.25, 0.3) is 0 Å². The molecule has 15 heavy (non-hydrogen) atoms. The predicted molar refractivity (Wildman–Crippen MR) is 60.6 cm³/mol. The van der Waals surface area contributed by atoms with Gasteiger partial charge in [-0.2, -0.15) is 0 Å². The number of hydrogen-bond donors (Lipinski definition) is 0. The molecule has 1 amide bonds. The Bertz CT molecular complexity index is 242. The lowest BCUT2D eigenvalue weighted by Crippen LogP contribution is -2.53. The minimum absolute atomic E-state index is 0.206. The lowest BCUT2D eigenvalue weighted by Gasteiger charge is -2.38. The second kappa shape index (κ2) is 4.52. The Balaban J connectivity index is 1.92. The summed E-state index contributed by atoms with van der Waals surface area (Å²) in [5, 5.41) is 0. The number of amides is 1. The van der Waals surface area contributed by atoms with Crippen LogP contribution in [0.1, 0.15) is 33.1 Å². The van der Waals surface area contributed by atoms with Gasteiger partial charge in [0, 0.05) is 31.6 Å². The van der Waals surface area contributed by atoms with Crippen molar-refractivity contribution in [2.75, 3.05) is 26.2 Å². The van der Waals surface area contributed by atoms with E-state index in [2.05, 4.69) is 16.7 Å². The van der Waals surface area contributed by atoms with Gasteiger partial charge >= 0.3 is 0 Å². The molecule has 2 fully saturated rings. The highest BCUT2D eigenvalue weighted by molar-refractivity contribution is 5.78. The maximum absolute atomic E-state index is 12.0. The van der Waals surface area contributed by atoms with E-state index in [1.807, 2.05) is 6.92 Å². The number of carbonyl (C=O) groups excluding carboxylic acids is 1. The molecule has 86 valence electrons. The highest BCUT2D eigenvalue weighted by Gasteiger charge is 2.33. The molecule has 2 aliphatic rings. The quantitative estimate of drug-likeness (QED) is 0.686. The van der Waals surface area contributed by atoms with Crippen molar-refractivity contribution in [1.29, 1.82) is 0 Å². The first-order valence-electron chi connectivity index (χ1n) is 6.25. The molecule has 2 saturated heterocycles. The Labute approximate surface area is 92.4 Å². The van der Waals surface area contributed by atoms with E-state index in [0.717, 1.165) is 26.1 Å². The van der Waals surface area contributed by atoms with E-state index in [9.17, 15) is 4.79 Å². The molecule has 2 unspecified atom stereocenters. The summed E-state index contributed by atoms with van der Waals surface area (Å²) in [6, 6.07) is 0.659. The van der Waals surface area contributed by atoms with Crippen LogP contribution >= 0.6 is 0 Å². The molecule has 0 spiro atoms. The molecule has 0 aliphatic carbocycles. The molecule has 3 nitrogen and oxygen atoms in total. The average Bonchev–Trinajstić information content (AvgIpc) is 2.73. The number of rotatable bonds is 2. The smallest absolute Gasteiger partial charge is 0.225 e. The van der Waals surface area contributed by atoms with Crippen LogP contribution in [0.3, 0.4) is 0 Å². The van der Waals surface area contributed by atoms with Crippen LogP contribution in [0.25, 0.3) is 0 Å². The van der Waals surface area contributed by atoms with Crippen LogP contribution < -0.4 is 0 Å². The van der Waals surface area contributed by atoms with Crippen molar-refractivity contribution in [3.63, 3.8) is 0 Å². The van der Waals surface area contributed by atoms with Gasteiger partial charge < -0.3 is 4.90 Å². The van der Waals surface area contributed by atoms with Crippen molar-refractivity contribution in [3.05, 3.63) is 0 Å². The zero-order chi connectivity index (χ0) is 10.8. The minimum atomic E-state index is 0.206. The van der Waals surface area contributed by atoms with Crippen molar-refractivity contribution in [2.45, 2.75) is 39.2 Å². The minimum Gasteiger partial charge on any atom is -0.340 e. The van der Waals surface area contributed by atoms with Crippen molar-refractivity contribution in [2.24, 2.45) is 5.92 Å². The first-order chi connectivity index (χ1) is 7.22. The Morgan fingerprint density at radius 2 is 2.20 bits per heavy atom. The lowest BCUT2D eigenvalue weighted by molar-refractivity contribution is -0.137. The second-order valence-electron chi connectivity index (χ2n) is 4.93. The number of carbonyl (C=O) groups is 1. The Hall–Kier alpha value is -0.570. The van der Waals surface area contributed by atoms with Gasteiger partial charge in [-0.1, -0.05) is 13.8 Å². The van der Waals surface area contributed by atoms with Crippen LogP contribution in [0.15, 0.2) is 0 Å². The van der Waals surface area contributed by atoms with Gasteiger partial charge in [0.05, 0.1) is 0 Å². The highest BCUT2D eigenvalue weighted by Crippen LogP contribution is 2.22. The van der Waals surface area contributed by atoms with Gasteiger partial charge in [-0.25, -0.2) is 0 Å². The summed E-state index contributed by atoms with van der Waals surface area (Å²) in [4.78, 5) is 16.7. The van der Waals surface area contributed by atoms with Gasteiger partial charge in [-0.05, 0) is 25.8 Å². The number of fused-ring (bicyclic) bond motifs is 1. The van der Waals surface area contributed by atoms with Crippen LogP contribution in [-0.4, -0.2) is 47.9 Å². The number of nitrogens with zero attached hydrogens (tertiary/aromatic N) is 2. The topological polar surface area (TPSA) is 23.6 Å². The van der Waals surface area contributed by atoms with Gasteiger partial charge in [-0.15, -0.1) is 0 Å². The van der Waals surface area contributed by atoms with E-state index in [-0.39, 0.29) is 5.92 Å². The van der Waals surface area contributed by atoms with E-state index in [1.165, 1.54) is 19.4 Å². The lowest BCUT2D eigenvalue weighted by atomic mass is 10.1. The number of piperazine rings is 1. The summed E-state index contributed by atoms with van der Waals surface area (Å²) >= 11 is 0. The third-order valence-corrected chi connectivity index (χ3v) is 3.93. The van der Waals surface area contributed by atoms with Crippen LogP contribution in [0.5, 0.6) is 0 Å². The molecule has 0 saturated carbocycles. The van der Waals surface area contributed by atoms with E-state index in [4.69, 9.17) is 0 Å². The highest BCUT2D eigenvalue weighted by atomic mass is 16.2. The molecule has 0 aromatic rings. The molecule has 0 aromatic heterocycles. The molecule has 2 aliphatic heterocycles. The van der Waals surface area contributed by atoms with Gasteiger partial charge in [-0.3, -0.25) is 9.69 Å². The van der Waals surface area contributed by atoms with Crippen molar-refractivity contribution >= 4 is 5.91 Å². The Morgan fingerprint density at radius 1 is 1.40 bits per heavy atom. The van der Waals surface area contributed by atoms with Crippen LogP contribution in [0, 0.1) is 5.92 Å². The fourth-order valence-electron chi connectivity index (χ4n) is 2.68. The third-order valence-electron chi connectivity index (χ3n) is 3.93. The Morgan fingerprint density at radius 3 is 2.93 bits per heavy atom.